The average molecular weight is 635 g/mol. The van der Waals surface area contributed by atoms with Gasteiger partial charge in [-0.2, -0.15) is 10.4 Å². The van der Waals surface area contributed by atoms with Crippen molar-refractivity contribution in [3.05, 3.63) is 105 Å². The fourth-order valence-corrected chi connectivity index (χ4v) is 4.49. The number of nitrogens with zero attached hydrogens (tertiary/aromatic N) is 5. The largest absolute Gasteiger partial charge is 0.473 e. The minimum atomic E-state index is -0.723. The van der Waals surface area contributed by atoms with E-state index in [1.54, 1.807) is 10.6 Å². The predicted molar refractivity (Wildman–Crippen MR) is 163 cm³/mol. The van der Waals surface area contributed by atoms with Crippen molar-refractivity contribution in [3.8, 4) is 34.8 Å². The van der Waals surface area contributed by atoms with Crippen LogP contribution in [-0.2, 0) is 24.3 Å². The van der Waals surface area contributed by atoms with E-state index in [4.69, 9.17) is 19.3 Å². The molecule has 4 heterocycles. The Morgan fingerprint density at radius 3 is 2.41 bits per heavy atom. The van der Waals surface area contributed by atoms with E-state index in [0.29, 0.717) is 19.0 Å². The van der Waals surface area contributed by atoms with Crippen LogP contribution in [0.1, 0.15) is 56.6 Å². The van der Waals surface area contributed by atoms with Crippen molar-refractivity contribution in [1.29, 1.82) is 5.26 Å². The predicted octanol–water partition coefficient (Wildman–Crippen LogP) is 6.59. The topological polar surface area (TPSA) is 132 Å². The normalized spacial score (nSPS) is 13.4. The molecular formula is C33H33F3N6O4. The van der Waals surface area contributed by atoms with Gasteiger partial charge in [0.05, 0.1) is 36.0 Å². The third-order valence-corrected chi connectivity index (χ3v) is 6.79. The summed E-state index contributed by atoms with van der Waals surface area (Å²) in [6.45, 7) is 8.78. The van der Waals surface area contributed by atoms with Crippen molar-refractivity contribution >= 4 is 0 Å². The summed E-state index contributed by atoms with van der Waals surface area (Å²) in [5.41, 5.74) is -0.00344. The highest BCUT2D eigenvalue weighted by Gasteiger charge is 2.25. The Bertz CT molecular complexity index is 1870. The molecule has 0 bridgehead atoms. The number of benzene rings is 2. The number of hydrogen-bond donors (Lipinski definition) is 1. The zero-order valence-electron chi connectivity index (χ0n) is 25.8. The maximum atomic E-state index is 15.3. The molecule has 1 aliphatic heterocycles. The number of hydrogen-bond acceptors (Lipinski definition) is 8. The van der Waals surface area contributed by atoms with E-state index in [1.807, 2.05) is 33.8 Å². The fourth-order valence-electron chi connectivity index (χ4n) is 4.49. The fraction of sp³-hybridized carbons (Fsp3) is 0.303. The van der Waals surface area contributed by atoms with Crippen LogP contribution in [0.4, 0.5) is 13.2 Å². The monoisotopic (exact) mass is 634 g/mol. The molecule has 0 spiro atoms. The van der Waals surface area contributed by atoms with Gasteiger partial charge in [-0.25, -0.2) is 18.2 Å². The molecule has 240 valence electrons. The number of H-pyrrole nitrogens is 1. The molecule has 1 fully saturated rings. The Balaban J connectivity index is 0.00000116. The van der Waals surface area contributed by atoms with Crippen molar-refractivity contribution in [1.82, 2.24) is 24.9 Å². The molecule has 1 aliphatic rings. The Hall–Kier alpha value is -5.22. The maximum Gasteiger partial charge on any atom is 0.280 e. The molecule has 1 unspecified atom stereocenters. The molecule has 0 saturated carbocycles. The Morgan fingerprint density at radius 1 is 1.00 bits per heavy atom. The number of nitriles is 1. The van der Waals surface area contributed by atoms with Crippen molar-refractivity contribution in [2.45, 2.75) is 59.8 Å². The highest BCUT2D eigenvalue weighted by molar-refractivity contribution is 5.61. The second-order valence-corrected chi connectivity index (χ2v) is 9.58. The minimum Gasteiger partial charge on any atom is -0.473 e. The zero-order valence-corrected chi connectivity index (χ0v) is 25.8. The molecule has 0 aliphatic carbocycles. The molecule has 1 N–H and O–H groups in total. The van der Waals surface area contributed by atoms with Crippen LogP contribution < -0.4 is 10.3 Å². The van der Waals surface area contributed by atoms with E-state index in [9.17, 15) is 9.18 Å². The van der Waals surface area contributed by atoms with Gasteiger partial charge in [0.15, 0.2) is 0 Å². The molecule has 13 heteroatoms. The van der Waals surface area contributed by atoms with Gasteiger partial charge in [0.1, 0.15) is 29.9 Å². The summed E-state index contributed by atoms with van der Waals surface area (Å²) >= 11 is 0. The first kappa shape index (κ1) is 33.7. The van der Waals surface area contributed by atoms with E-state index in [2.05, 4.69) is 20.3 Å². The molecule has 5 aromatic rings. The van der Waals surface area contributed by atoms with Crippen LogP contribution in [0, 0.1) is 28.8 Å². The standard InChI is InChI=1S/C29H21F3N6O4.2C2H6/c30-21-8-16(13-33)4-5-17(21)15-41-28-3-1-2-24(34-28)20-11-22(31)18(9-23(20)32)10-26-35-36-29(25-12-27(39)37-42-25)38(26)14-19-6-7-40-19;2*1-2/h1-5,8-9,11-12,19H,6-7,10,14-15H2,(H,37,39);2*1-2H3. The minimum absolute atomic E-state index is 0.0326. The molecule has 6 rings (SSSR count). The number of aromatic nitrogens is 5. The van der Waals surface area contributed by atoms with Gasteiger partial charge < -0.3 is 18.6 Å². The molecular weight excluding hydrogens is 601 g/mol. The van der Waals surface area contributed by atoms with Crippen LogP contribution in [0.15, 0.2) is 63.9 Å². The molecule has 10 nitrogen and oxygen atoms in total. The number of nitrogens with one attached hydrogen (secondary N) is 1. The van der Waals surface area contributed by atoms with Gasteiger partial charge in [-0.1, -0.05) is 39.8 Å². The SMILES string of the molecule is CC.CC.N#Cc1ccc(COc2cccc(-c3cc(F)c(Cc4nnc(-c5cc(=O)[nH]o5)n4CC4CCO4)cc3F)n2)c(F)c1. The molecule has 3 aromatic heterocycles. The van der Waals surface area contributed by atoms with E-state index in [1.165, 1.54) is 30.3 Å². The van der Waals surface area contributed by atoms with E-state index < -0.39 is 23.0 Å². The molecule has 2 aromatic carbocycles. The summed E-state index contributed by atoms with van der Waals surface area (Å²) < 4.78 is 62.8. The summed E-state index contributed by atoms with van der Waals surface area (Å²) in [6, 6.07) is 13.8. The van der Waals surface area contributed by atoms with Crippen molar-refractivity contribution in [2.75, 3.05) is 6.61 Å². The highest BCUT2D eigenvalue weighted by atomic mass is 19.1. The molecule has 1 saturated heterocycles. The average Bonchev–Trinajstić information content (AvgIpc) is 3.67. The van der Waals surface area contributed by atoms with Crippen LogP contribution >= 0.6 is 0 Å². The van der Waals surface area contributed by atoms with E-state index in [0.717, 1.165) is 24.6 Å². The van der Waals surface area contributed by atoms with Gasteiger partial charge in [0.2, 0.25) is 17.5 Å². The summed E-state index contributed by atoms with van der Waals surface area (Å²) in [5.74, 6) is -1.18. The molecule has 46 heavy (non-hydrogen) atoms. The van der Waals surface area contributed by atoms with Crippen molar-refractivity contribution < 1.29 is 27.2 Å². The summed E-state index contributed by atoms with van der Waals surface area (Å²) in [7, 11) is 0. The molecule has 0 radical (unpaired) electrons. The lowest BCUT2D eigenvalue weighted by molar-refractivity contribution is -0.0593. The highest BCUT2D eigenvalue weighted by Crippen LogP contribution is 2.28. The molecule has 1 atom stereocenters. The second kappa shape index (κ2) is 15.7. The number of rotatable bonds is 9. The first-order chi connectivity index (χ1) is 22.4. The van der Waals surface area contributed by atoms with E-state index >= 15 is 8.78 Å². The van der Waals surface area contributed by atoms with Gasteiger partial charge in [-0.3, -0.25) is 4.79 Å². The van der Waals surface area contributed by atoms with Gasteiger partial charge >= 0.3 is 0 Å². The number of halogens is 3. The Kier molecular flexibility index (Phi) is 11.5. The lowest BCUT2D eigenvalue weighted by Gasteiger charge is -2.27. The summed E-state index contributed by atoms with van der Waals surface area (Å²) in [6.07, 6.45) is 0.607. The lowest BCUT2D eigenvalue weighted by Crippen LogP contribution is -2.32. The van der Waals surface area contributed by atoms with Crippen molar-refractivity contribution in [3.63, 3.8) is 0 Å². The van der Waals surface area contributed by atoms with Gasteiger partial charge in [0.25, 0.3) is 5.56 Å². The van der Waals surface area contributed by atoms with Crippen LogP contribution in [0.3, 0.4) is 0 Å². The number of aromatic amines is 1. The summed E-state index contributed by atoms with van der Waals surface area (Å²) in [5, 5.41) is 19.4. The summed E-state index contributed by atoms with van der Waals surface area (Å²) in [4.78, 5) is 15.8. The number of ether oxygens (including phenoxy) is 2. The van der Waals surface area contributed by atoms with Gasteiger partial charge in [-0.15, -0.1) is 10.2 Å². The van der Waals surface area contributed by atoms with E-state index in [-0.39, 0.29) is 64.5 Å². The smallest absolute Gasteiger partial charge is 0.280 e. The van der Waals surface area contributed by atoms with Gasteiger partial charge in [-0.05, 0) is 42.3 Å². The van der Waals surface area contributed by atoms with Crippen LogP contribution in [-0.4, -0.2) is 37.6 Å². The maximum absolute atomic E-state index is 15.3. The van der Waals surface area contributed by atoms with Gasteiger partial charge in [0, 0.05) is 30.2 Å². The lowest BCUT2D eigenvalue weighted by atomic mass is 10.0. The second-order valence-electron chi connectivity index (χ2n) is 9.58. The third-order valence-electron chi connectivity index (χ3n) is 6.79. The van der Waals surface area contributed by atoms with Crippen molar-refractivity contribution in [2.24, 2.45) is 0 Å². The quantitative estimate of drug-likeness (QED) is 0.192. The Labute approximate surface area is 263 Å². The zero-order chi connectivity index (χ0) is 33.2. The molecule has 0 amide bonds. The first-order valence-electron chi connectivity index (χ1n) is 14.9. The van der Waals surface area contributed by atoms with Crippen LogP contribution in [0.2, 0.25) is 0 Å². The first-order valence-corrected chi connectivity index (χ1v) is 14.9. The third kappa shape index (κ3) is 7.70. The van der Waals surface area contributed by atoms with Crippen LogP contribution in [0.5, 0.6) is 5.88 Å². The van der Waals surface area contributed by atoms with Crippen LogP contribution in [0.25, 0.3) is 22.8 Å². The Morgan fingerprint density at radius 2 is 1.76 bits per heavy atom. The number of pyridine rings is 1.